The average Bonchev–Trinajstić information content (AvgIpc) is 3.26. The Balaban J connectivity index is 1.65. The number of guanidine groups is 1. The second-order valence-corrected chi connectivity index (χ2v) is 7.20. The van der Waals surface area contributed by atoms with E-state index in [1.807, 2.05) is 18.2 Å². The number of nitrogens with zero attached hydrogens (tertiary/aromatic N) is 1. The minimum absolute atomic E-state index is 0.143. The van der Waals surface area contributed by atoms with E-state index in [2.05, 4.69) is 41.8 Å². The van der Waals surface area contributed by atoms with Crippen LogP contribution in [0.2, 0.25) is 0 Å². The normalized spacial score (nSPS) is 17.9. The number of benzene rings is 1. The molecule has 2 N–H and O–H groups in total. The molecule has 6 heteroatoms. The van der Waals surface area contributed by atoms with Gasteiger partial charge in [0.2, 0.25) is 0 Å². The third-order valence-electron chi connectivity index (χ3n) is 5.26. The average molecular weight is 386 g/mol. The molecule has 1 atom stereocenters. The van der Waals surface area contributed by atoms with Crippen LogP contribution in [0.3, 0.4) is 0 Å². The highest BCUT2D eigenvalue weighted by atomic mass is 16.5. The van der Waals surface area contributed by atoms with Crippen molar-refractivity contribution < 1.29 is 13.9 Å². The molecular formula is C22H31N3O3. The summed E-state index contributed by atoms with van der Waals surface area (Å²) in [6, 6.07) is 14.4. The van der Waals surface area contributed by atoms with Crippen molar-refractivity contribution in [1.82, 2.24) is 10.6 Å². The number of nitrogens with one attached hydrogen (secondary N) is 2. The molecule has 2 heterocycles. The maximum atomic E-state index is 5.82. The minimum Gasteiger partial charge on any atom is -0.469 e. The molecule has 0 radical (unpaired) electrons. The van der Waals surface area contributed by atoms with Crippen molar-refractivity contribution in [1.29, 1.82) is 0 Å². The van der Waals surface area contributed by atoms with Crippen LogP contribution in [0, 0.1) is 0 Å². The maximum Gasteiger partial charge on any atom is 0.191 e. The Kier molecular flexibility index (Phi) is 7.51. The van der Waals surface area contributed by atoms with Crippen LogP contribution in [0.1, 0.15) is 37.1 Å². The number of rotatable bonds is 8. The Morgan fingerprint density at radius 2 is 1.96 bits per heavy atom. The van der Waals surface area contributed by atoms with E-state index in [4.69, 9.17) is 18.9 Å². The lowest BCUT2D eigenvalue weighted by Crippen LogP contribution is -2.44. The van der Waals surface area contributed by atoms with Crippen LogP contribution in [0.4, 0.5) is 0 Å². The number of furan rings is 1. The molecule has 1 saturated heterocycles. The molecule has 1 fully saturated rings. The van der Waals surface area contributed by atoms with Crippen molar-refractivity contribution in [3.63, 3.8) is 0 Å². The summed E-state index contributed by atoms with van der Waals surface area (Å²) in [6.45, 7) is 4.92. The SMILES string of the molecule is COC1(CN=C(NCCc2ccco2)NC(C)c2ccccc2)CCOCC1. The monoisotopic (exact) mass is 385 g/mol. The third-order valence-corrected chi connectivity index (χ3v) is 5.26. The first-order valence-corrected chi connectivity index (χ1v) is 9.96. The van der Waals surface area contributed by atoms with Gasteiger partial charge in [-0.3, -0.25) is 4.99 Å². The van der Waals surface area contributed by atoms with E-state index in [0.29, 0.717) is 6.54 Å². The standard InChI is InChI=1S/C22H31N3O3/c1-18(19-7-4-3-5-8-19)25-21(23-13-10-20-9-6-14-28-20)24-17-22(26-2)11-15-27-16-12-22/h3-9,14,18H,10-13,15-17H2,1-2H3,(H2,23,24,25). The first-order valence-electron chi connectivity index (χ1n) is 9.96. The zero-order valence-corrected chi connectivity index (χ0v) is 16.8. The summed E-state index contributed by atoms with van der Waals surface area (Å²) in [5, 5.41) is 6.95. The fourth-order valence-electron chi connectivity index (χ4n) is 3.33. The fraction of sp³-hybridized carbons (Fsp3) is 0.500. The van der Waals surface area contributed by atoms with Gasteiger partial charge in [0, 0.05) is 46.1 Å². The molecule has 1 aliphatic rings. The molecule has 0 amide bonds. The highest BCUT2D eigenvalue weighted by Gasteiger charge is 2.32. The molecule has 1 aromatic heterocycles. The number of hydrogen-bond acceptors (Lipinski definition) is 4. The molecule has 1 unspecified atom stereocenters. The molecule has 0 spiro atoms. The van der Waals surface area contributed by atoms with Crippen LogP contribution >= 0.6 is 0 Å². The van der Waals surface area contributed by atoms with Gasteiger partial charge in [-0.05, 0) is 24.6 Å². The van der Waals surface area contributed by atoms with Crippen LogP contribution in [0.15, 0.2) is 58.1 Å². The molecule has 6 nitrogen and oxygen atoms in total. The molecule has 152 valence electrons. The van der Waals surface area contributed by atoms with Crippen molar-refractivity contribution in [2.24, 2.45) is 4.99 Å². The smallest absolute Gasteiger partial charge is 0.191 e. The van der Waals surface area contributed by atoms with Gasteiger partial charge in [0.15, 0.2) is 5.96 Å². The number of ether oxygens (including phenoxy) is 2. The topological polar surface area (TPSA) is 68.0 Å². The zero-order valence-electron chi connectivity index (χ0n) is 16.8. The molecule has 28 heavy (non-hydrogen) atoms. The zero-order chi connectivity index (χ0) is 19.7. The van der Waals surface area contributed by atoms with E-state index >= 15 is 0 Å². The van der Waals surface area contributed by atoms with Gasteiger partial charge in [-0.2, -0.15) is 0 Å². The largest absolute Gasteiger partial charge is 0.469 e. The van der Waals surface area contributed by atoms with E-state index in [0.717, 1.165) is 50.7 Å². The molecule has 0 bridgehead atoms. The molecule has 0 saturated carbocycles. The quantitative estimate of drug-likeness (QED) is 0.539. The van der Waals surface area contributed by atoms with E-state index in [9.17, 15) is 0 Å². The number of hydrogen-bond donors (Lipinski definition) is 2. The van der Waals surface area contributed by atoms with E-state index in [1.54, 1.807) is 13.4 Å². The highest BCUT2D eigenvalue weighted by Crippen LogP contribution is 2.24. The second kappa shape index (κ2) is 10.3. The Morgan fingerprint density at radius 3 is 2.64 bits per heavy atom. The van der Waals surface area contributed by atoms with Gasteiger partial charge in [0.25, 0.3) is 0 Å². The maximum absolute atomic E-state index is 5.82. The summed E-state index contributed by atoms with van der Waals surface area (Å²) in [5.41, 5.74) is 0.972. The second-order valence-electron chi connectivity index (χ2n) is 7.20. The summed E-state index contributed by atoms with van der Waals surface area (Å²) < 4.78 is 16.7. The van der Waals surface area contributed by atoms with Gasteiger partial charge in [-0.25, -0.2) is 0 Å². The van der Waals surface area contributed by atoms with Crippen LogP contribution < -0.4 is 10.6 Å². The summed E-state index contributed by atoms with van der Waals surface area (Å²) in [4.78, 5) is 4.86. The van der Waals surface area contributed by atoms with Crippen molar-refractivity contribution in [3.05, 3.63) is 60.1 Å². The van der Waals surface area contributed by atoms with Gasteiger partial charge < -0.3 is 24.5 Å². The van der Waals surface area contributed by atoms with Crippen molar-refractivity contribution >= 4 is 5.96 Å². The van der Waals surface area contributed by atoms with E-state index in [1.165, 1.54) is 5.56 Å². The van der Waals surface area contributed by atoms with Gasteiger partial charge in [-0.1, -0.05) is 30.3 Å². The Bertz CT molecular complexity index is 710. The molecule has 2 aromatic rings. The van der Waals surface area contributed by atoms with Crippen molar-refractivity contribution in [2.75, 3.05) is 33.4 Å². The van der Waals surface area contributed by atoms with Crippen LogP contribution in [0.25, 0.3) is 0 Å². The molecule has 0 aliphatic carbocycles. The Labute approximate surface area is 167 Å². The lowest BCUT2D eigenvalue weighted by atomic mass is 9.94. The lowest BCUT2D eigenvalue weighted by molar-refractivity contribution is -0.0828. The van der Waals surface area contributed by atoms with Crippen LogP contribution in [0.5, 0.6) is 0 Å². The van der Waals surface area contributed by atoms with Gasteiger partial charge >= 0.3 is 0 Å². The van der Waals surface area contributed by atoms with Gasteiger partial charge in [0.1, 0.15) is 5.76 Å². The van der Waals surface area contributed by atoms with Crippen LogP contribution in [-0.2, 0) is 15.9 Å². The van der Waals surface area contributed by atoms with Gasteiger partial charge in [0.05, 0.1) is 24.5 Å². The predicted molar refractivity (Wildman–Crippen MR) is 111 cm³/mol. The third kappa shape index (κ3) is 5.84. The number of aliphatic imine (C=N–C) groups is 1. The summed E-state index contributed by atoms with van der Waals surface area (Å²) in [5.74, 6) is 1.74. The minimum atomic E-state index is -0.246. The summed E-state index contributed by atoms with van der Waals surface area (Å²) in [6.07, 6.45) is 4.23. The molecular weight excluding hydrogens is 354 g/mol. The Hall–Kier alpha value is -2.31. The summed E-state index contributed by atoms with van der Waals surface area (Å²) >= 11 is 0. The highest BCUT2D eigenvalue weighted by molar-refractivity contribution is 5.80. The predicted octanol–water partition coefficient (Wildman–Crippen LogP) is 3.31. The first-order chi connectivity index (χ1) is 13.7. The summed E-state index contributed by atoms with van der Waals surface area (Å²) in [7, 11) is 1.77. The van der Waals surface area contributed by atoms with Crippen molar-refractivity contribution in [2.45, 2.75) is 37.8 Å². The Morgan fingerprint density at radius 1 is 1.18 bits per heavy atom. The molecule has 1 aromatic carbocycles. The van der Waals surface area contributed by atoms with E-state index < -0.39 is 0 Å². The fourth-order valence-corrected chi connectivity index (χ4v) is 3.33. The van der Waals surface area contributed by atoms with E-state index in [-0.39, 0.29) is 11.6 Å². The first kappa shape index (κ1) is 20.4. The van der Waals surface area contributed by atoms with Crippen molar-refractivity contribution in [3.8, 4) is 0 Å². The van der Waals surface area contributed by atoms with Gasteiger partial charge in [-0.15, -0.1) is 0 Å². The molecule has 3 rings (SSSR count). The molecule has 1 aliphatic heterocycles. The lowest BCUT2D eigenvalue weighted by Gasteiger charge is -2.34. The number of methoxy groups -OCH3 is 1. The van der Waals surface area contributed by atoms with Crippen LogP contribution in [-0.4, -0.2) is 45.0 Å².